The second-order valence-electron chi connectivity index (χ2n) is 5.78. The summed E-state index contributed by atoms with van der Waals surface area (Å²) >= 11 is 0. The first-order valence-corrected chi connectivity index (χ1v) is 7.18. The number of hydrogen-bond acceptors (Lipinski definition) is 2. The number of unbranched alkanes of at least 4 members (excludes halogenated alkanes) is 1. The molecule has 2 N–H and O–H groups in total. The van der Waals surface area contributed by atoms with Crippen molar-refractivity contribution in [3.63, 3.8) is 0 Å². The van der Waals surface area contributed by atoms with E-state index in [0.717, 1.165) is 25.7 Å². The molecule has 2 amide bonds. The Labute approximate surface area is 115 Å². The van der Waals surface area contributed by atoms with Crippen molar-refractivity contribution < 1.29 is 14.7 Å². The highest BCUT2D eigenvalue weighted by molar-refractivity contribution is 5.86. The standard InChI is InChI=1S/C14H26N2O3/c1-4-5-10-16(3)13(19)15-14(12(17)18)8-6-11(2)7-9-14/h11H,4-10H2,1-3H3,(H,15,19)(H,17,18). The quantitative estimate of drug-likeness (QED) is 0.806. The van der Waals surface area contributed by atoms with Crippen LogP contribution in [-0.4, -0.2) is 41.1 Å². The average Bonchev–Trinajstić information content (AvgIpc) is 2.38. The number of nitrogens with zero attached hydrogens (tertiary/aromatic N) is 1. The predicted molar refractivity (Wildman–Crippen MR) is 74.1 cm³/mol. The van der Waals surface area contributed by atoms with Crippen LogP contribution in [0.2, 0.25) is 0 Å². The number of amides is 2. The highest BCUT2D eigenvalue weighted by Gasteiger charge is 2.42. The third kappa shape index (κ3) is 4.11. The molecular weight excluding hydrogens is 244 g/mol. The molecular formula is C14H26N2O3. The lowest BCUT2D eigenvalue weighted by molar-refractivity contribution is -0.146. The summed E-state index contributed by atoms with van der Waals surface area (Å²) in [7, 11) is 1.71. The van der Waals surface area contributed by atoms with Gasteiger partial charge in [0.25, 0.3) is 0 Å². The highest BCUT2D eigenvalue weighted by Crippen LogP contribution is 2.32. The van der Waals surface area contributed by atoms with Crippen LogP contribution in [0.3, 0.4) is 0 Å². The van der Waals surface area contributed by atoms with Crippen molar-refractivity contribution in [2.75, 3.05) is 13.6 Å². The molecule has 0 aliphatic heterocycles. The van der Waals surface area contributed by atoms with Gasteiger partial charge in [-0.2, -0.15) is 0 Å². The van der Waals surface area contributed by atoms with Crippen molar-refractivity contribution >= 4 is 12.0 Å². The number of aliphatic carboxylic acids is 1. The minimum Gasteiger partial charge on any atom is -0.480 e. The number of nitrogens with one attached hydrogen (secondary N) is 1. The van der Waals surface area contributed by atoms with Gasteiger partial charge < -0.3 is 15.3 Å². The van der Waals surface area contributed by atoms with Crippen LogP contribution in [0.1, 0.15) is 52.4 Å². The third-order valence-electron chi connectivity index (χ3n) is 4.08. The van der Waals surface area contributed by atoms with Crippen LogP contribution in [0, 0.1) is 5.92 Å². The molecule has 0 unspecified atom stereocenters. The van der Waals surface area contributed by atoms with Crippen LogP contribution >= 0.6 is 0 Å². The fourth-order valence-electron chi connectivity index (χ4n) is 2.44. The maximum absolute atomic E-state index is 12.1. The Bertz CT molecular complexity index is 323. The summed E-state index contributed by atoms with van der Waals surface area (Å²) < 4.78 is 0. The van der Waals surface area contributed by atoms with Crippen LogP contribution in [0.4, 0.5) is 4.79 Å². The van der Waals surface area contributed by atoms with Crippen molar-refractivity contribution in [1.82, 2.24) is 10.2 Å². The molecule has 1 aliphatic carbocycles. The van der Waals surface area contributed by atoms with Crippen molar-refractivity contribution in [1.29, 1.82) is 0 Å². The molecule has 0 radical (unpaired) electrons. The molecule has 0 heterocycles. The molecule has 0 aromatic carbocycles. The molecule has 5 heteroatoms. The number of hydrogen-bond donors (Lipinski definition) is 2. The normalized spacial score (nSPS) is 26.8. The second kappa shape index (κ2) is 6.78. The molecule has 1 fully saturated rings. The van der Waals surface area contributed by atoms with E-state index in [0.29, 0.717) is 25.3 Å². The lowest BCUT2D eigenvalue weighted by Gasteiger charge is -2.37. The minimum absolute atomic E-state index is 0.273. The summed E-state index contributed by atoms with van der Waals surface area (Å²) in [4.78, 5) is 25.2. The van der Waals surface area contributed by atoms with Crippen LogP contribution in [0.15, 0.2) is 0 Å². The van der Waals surface area contributed by atoms with Crippen molar-refractivity contribution in [3.8, 4) is 0 Å². The third-order valence-corrected chi connectivity index (χ3v) is 4.08. The fourth-order valence-corrected chi connectivity index (χ4v) is 2.44. The van der Waals surface area contributed by atoms with Gasteiger partial charge in [-0.05, 0) is 38.0 Å². The molecule has 0 bridgehead atoms. The minimum atomic E-state index is -1.07. The smallest absolute Gasteiger partial charge is 0.329 e. The highest BCUT2D eigenvalue weighted by atomic mass is 16.4. The molecule has 0 spiro atoms. The van der Waals surface area contributed by atoms with Crippen molar-refractivity contribution in [2.45, 2.75) is 57.9 Å². The van der Waals surface area contributed by atoms with Gasteiger partial charge in [0.05, 0.1) is 0 Å². The van der Waals surface area contributed by atoms with E-state index >= 15 is 0 Å². The molecule has 0 aromatic heterocycles. The zero-order valence-electron chi connectivity index (χ0n) is 12.2. The zero-order valence-corrected chi connectivity index (χ0v) is 12.2. The first kappa shape index (κ1) is 15.8. The number of rotatable bonds is 5. The van der Waals surface area contributed by atoms with Gasteiger partial charge >= 0.3 is 12.0 Å². The van der Waals surface area contributed by atoms with Gasteiger partial charge in [0.15, 0.2) is 0 Å². The molecule has 1 rings (SSSR count). The van der Waals surface area contributed by atoms with Gasteiger partial charge in [-0.15, -0.1) is 0 Å². The van der Waals surface area contributed by atoms with E-state index in [9.17, 15) is 14.7 Å². The summed E-state index contributed by atoms with van der Waals surface area (Å²) in [6.07, 6.45) is 4.70. The predicted octanol–water partition coefficient (Wildman–Crippen LogP) is 2.46. The van der Waals surface area contributed by atoms with E-state index < -0.39 is 11.5 Å². The first-order valence-electron chi connectivity index (χ1n) is 7.18. The Balaban J connectivity index is 2.63. The van der Waals surface area contributed by atoms with E-state index in [1.165, 1.54) is 0 Å². The SMILES string of the molecule is CCCCN(C)C(=O)NC1(C(=O)O)CCC(C)CC1. The molecule has 5 nitrogen and oxygen atoms in total. The molecule has 0 aromatic rings. The number of urea groups is 1. The lowest BCUT2D eigenvalue weighted by atomic mass is 9.77. The van der Waals surface area contributed by atoms with Gasteiger partial charge in [-0.1, -0.05) is 20.3 Å². The van der Waals surface area contributed by atoms with E-state index in [1.807, 2.05) is 0 Å². The Morgan fingerprint density at radius 3 is 2.42 bits per heavy atom. The summed E-state index contributed by atoms with van der Waals surface area (Å²) in [5, 5.41) is 12.2. The van der Waals surface area contributed by atoms with Crippen LogP contribution in [-0.2, 0) is 4.79 Å². The summed E-state index contributed by atoms with van der Waals surface area (Å²) in [5.74, 6) is -0.362. The largest absolute Gasteiger partial charge is 0.480 e. The van der Waals surface area contributed by atoms with Crippen molar-refractivity contribution in [2.24, 2.45) is 5.92 Å². The second-order valence-corrected chi connectivity index (χ2v) is 5.78. The Morgan fingerprint density at radius 1 is 1.37 bits per heavy atom. The lowest BCUT2D eigenvalue weighted by Crippen LogP contribution is -2.58. The molecule has 0 atom stereocenters. The molecule has 0 saturated heterocycles. The Kier molecular flexibility index (Phi) is 5.63. The number of carboxylic acids is 1. The number of carboxylic acid groups (broad SMARTS) is 1. The maximum Gasteiger partial charge on any atom is 0.329 e. The summed E-state index contributed by atoms with van der Waals surface area (Å²) in [6.45, 7) is 4.85. The molecule has 1 aliphatic rings. The molecule has 110 valence electrons. The van der Waals surface area contributed by atoms with Gasteiger partial charge in [0.1, 0.15) is 5.54 Å². The van der Waals surface area contributed by atoms with E-state index in [-0.39, 0.29) is 6.03 Å². The van der Waals surface area contributed by atoms with Crippen LogP contribution in [0.25, 0.3) is 0 Å². The maximum atomic E-state index is 12.1. The molecule has 1 saturated carbocycles. The first-order chi connectivity index (χ1) is 8.91. The summed E-state index contributed by atoms with van der Waals surface area (Å²) in [5.41, 5.74) is -1.07. The summed E-state index contributed by atoms with van der Waals surface area (Å²) in [6, 6.07) is -0.273. The van der Waals surface area contributed by atoms with Crippen molar-refractivity contribution in [3.05, 3.63) is 0 Å². The topological polar surface area (TPSA) is 69.6 Å². The Hall–Kier alpha value is -1.26. The van der Waals surface area contributed by atoms with Gasteiger partial charge in [-0.3, -0.25) is 0 Å². The van der Waals surface area contributed by atoms with Gasteiger partial charge in [-0.25, -0.2) is 9.59 Å². The van der Waals surface area contributed by atoms with Crippen LogP contribution < -0.4 is 5.32 Å². The average molecular weight is 270 g/mol. The monoisotopic (exact) mass is 270 g/mol. The zero-order chi connectivity index (χ0) is 14.5. The van der Waals surface area contributed by atoms with Gasteiger partial charge in [0.2, 0.25) is 0 Å². The fraction of sp³-hybridized carbons (Fsp3) is 0.857. The van der Waals surface area contributed by atoms with E-state index in [1.54, 1.807) is 11.9 Å². The van der Waals surface area contributed by atoms with E-state index in [2.05, 4.69) is 19.2 Å². The van der Waals surface area contributed by atoms with Gasteiger partial charge in [0, 0.05) is 13.6 Å². The van der Waals surface area contributed by atoms with E-state index in [4.69, 9.17) is 0 Å². The van der Waals surface area contributed by atoms with Crippen LogP contribution in [0.5, 0.6) is 0 Å². The number of carbonyl (C=O) groups is 2. The number of carbonyl (C=O) groups excluding carboxylic acids is 1. The molecule has 19 heavy (non-hydrogen) atoms. The Morgan fingerprint density at radius 2 is 1.95 bits per heavy atom.